The van der Waals surface area contributed by atoms with Crippen LogP contribution in [-0.4, -0.2) is 22.4 Å². The van der Waals surface area contributed by atoms with Crippen molar-refractivity contribution in [3.8, 4) is 0 Å². The Bertz CT molecular complexity index is 806. The van der Waals surface area contributed by atoms with Crippen molar-refractivity contribution in [1.82, 2.24) is 0 Å². The van der Waals surface area contributed by atoms with Crippen LogP contribution in [0.4, 0.5) is 0 Å². The second-order valence-electron chi connectivity index (χ2n) is 8.58. The molecule has 6 rings (SSSR count). The molecule has 5 heteroatoms. The van der Waals surface area contributed by atoms with E-state index in [2.05, 4.69) is 74.5 Å². The number of ether oxygens (including phenoxy) is 3. The van der Waals surface area contributed by atoms with Crippen molar-refractivity contribution < 1.29 is 14.2 Å². The lowest BCUT2D eigenvalue weighted by molar-refractivity contribution is -0.299. The third kappa shape index (κ3) is 2.56. The summed E-state index contributed by atoms with van der Waals surface area (Å²) in [6.07, 6.45) is 1.15. The molecule has 8 atom stereocenters. The van der Waals surface area contributed by atoms with E-state index in [1.165, 1.54) is 9.79 Å². The summed E-state index contributed by atoms with van der Waals surface area (Å²) in [6, 6.07) is 21.2. The van der Waals surface area contributed by atoms with Crippen LogP contribution in [0.15, 0.2) is 70.5 Å². The fraction of sp³-hybridized carbons (Fsp3) is 0.478. The van der Waals surface area contributed by atoms with Gasteiger partial charge in [0, 0.05) is 33.5 Å². The lowest BCUT2D eigenvalue weighted by Crippen LogP contribution is -2.36. The zero-order chi connectivity index (χ0) is 18.9. The number of hydrogen-bond donors (Lipinski definition) is 0. The molecule has 3 heterocycles. The van der Waals surface area contributed by atoms with E-state index in [1.54, 1.807) is 0 Å². The van der Waals surface area contributed by atoms with Gasteiger partial charge in [-0.05, 0) is 44.5 Å². The Labute approximate surface area is 174 Å². The van der Waals surface area contributed by atoms with Gasteiger partial charge in [-0.1, -0.05) is 59.9 Å². The van der Waals surface area contributed by atoms with Gasteiger partial charge in [-0.15, -0.1) is 0 Å². The van der Waals surface area contributed by atoms with Crippen molar-refractivity contribution in [2.24, 2.45) is 23.7 Å². The molecule has 2 aromatic carbocycles. The van der Waals surface area contributed by atoms with Crippen molar-refractivity contribution in [2.45, 2.75) is 52.5 Å². The van der Waals surface area contributed by atoms with Crippen molar-refractivity contribution >= 4 is 23.5 Å². The van der Waals surface area contributed by atoms with Crippen LogP contribution in [0.25, 0.3) is 0 Å². The van der Waals surface area contributed by atoms with E-state index < -0.39 is 11.6 Å². The quantitative estimate of drug-likeness (QED) is 0.650. The summed E-state index contributed by atoms with van der Waals surface area (Å²) >= 11 is 3.69. The summed E-state index contributed by atoms with van der Waals surface area (Å²) in [7, 11) is 0. The third-order valence-corrected chi connectivity index (χ3v) is 9.31. The Kier molecular flexibility index (Phi) is 3.99. The zero-order valence-corrected chi connectivity index (χ0v) is 17.6. The monoisotopic (exact) mass is 412 g/mol. The van der Waals surface area contributed by atoms with Crippen LogP contribution in [-0.2, 0) is 14.2 Å². The molecule has 4 fully saturated rings. The SMILES string of the molecule is C[C@@]12O[C@@H](Sc3ccccc3)[C@@H]3C[C@H]4[C@@H]([C@@H]31)[C@](C)(O[C@@H]4Sc1ccccc1)O2. The number of hydrogen-bond acceptors (Lipinski definition) is 5. The molecule has 0 amide bonds. The summed E-state index contributed by atoms with van der Waals surface area (Å²) in [4.78, 5) is 2.53. The Morgan fingerprint density at radius 2 is 1.14 bits per heavy atom. The molecule has 0 aromatic heterocycles. The topological polar surface area (TPSA) is 27.7 Å². The molecule has 3 aliphatic heterocycles. The van der Waals surface area contributed by atoms with Gasteiger partial charge in [0.1, 0.15) is 10.9 Å². The molecule has 0 bridgehead atoms. The first kappa shape index (κ1) is 17.8. The first-order valence-electron chi connectivity index (χ1n) is 10.0. The molecule has 0 radical (unpaired) electrons. The molecular formula is C23H24O3S2. The Balaban J connectivity index is 1.28. The maximum atomic E-state index is 6.55. The van der Waals surface area contributed by atoms with Gasteiger partial charge in [0.25, 0.3) is 0 Å². The summed E-state index contributed by atoms with van der Waals surface area (Å²) in [5, 5.41) is 0. The van der Waals surface area contributed by atoms with Crippen LogP contribution in [0.3, 0.4) is 0 Å². The van der Waals surface area contributed by atoms with E-state index in [0.29, 0.717) is 23.7 Å². The smallest absolute Gasteiger partial charge is 0.174 e. The maximum absolute atomic E-state index is 6.55. The predicted octanol–water partition coefficient (Wildman–Crippen LogP) is 5.61. The molecule has 1 aliphatic carbocycles. The van der Waals surface area contributed by atoms with Crippen LogP contribution >= 0.6 is 23.5 Å². The fourth-order valence-corrected chi connectivity index (χ4v) is 8.55. The van der Waals surface area contributed by atoms with Crippen LogP contribution in [0.2, 0.25) is 0 Å². The van der Waals surface area contributed by atoms with Gasteiger partial charge < -0.3 is 14.2 Å². The van der Waals surface area contributed by atoms with Crippen molar-refractivity contribution in [3.63, 3.8) is 0 Å². The molecule has 28 heavy (non-hydrogen) atoms. The first-order chi connectivity index (χ1) is 13.6. The Hall–Kier alpha value is -0.980. The van der Waals surface area contributed by atoms with E-state index in [9.17, 15) is 0 Å². The fourth-order valence-electron chi connectivity index (χ4n) is 6.00. The summed E-state index contributed by atoms with van der Waals surface area (Å²) in [5.41, 5.74) is 0.296. The molecule has 3 nitrogen and oxygen atoms in total. The van der Waals surface area contributed by atoms with E-state index in [0.717, 1.165) is 6.42 Å². The third-order valence-electron chi connectivity index (χ3n) is 6.86. The molecule has 0 N–H and O–H groups in total. The Morgan fingerprint density at radius 1 is 0.714 bits per heavy atom. The molecule has 0 spiro atoms. The predicted molar refractivity (Wildman–Crippen MR) is 111 cm³/mol. The highest BCUT2D eigenvalue weighted by atomic mass is 32.2. The van der Waals surface area contributed by atoms with Gasteiger partial charge in [-0.25, -0.2) is 0 Å². The minimum absolute atomic E-state index is 0.148. The van der Waals surface area contributed by atoms with Gasteiger partial charge in [-0.3, -0.25) is 0 Å². The lowest BCUT2D eigenvalue weighted by Gasteiger charge is -2.30. The van der Waals surface area contributed by atoms with E-state index in [4.69, 9.17) is 14.2 Å². The summed E-state index contributed by atoms with van der Waals surface area (Å²) in [6.45, 7) is 4.26. The summed E-state index contributed by atoms with van der Waals surface area (Å²) < 4.78 is 19.6. The zero-order valence-electron chi connectivity index (χ0n) is 16.0. The second-order valence-corrected chi connectivity index (χ2v) is 10.9. The van der Waals surface area contributed by atoms with E-state index in [-0.39, 0.29) is 10.9 Å². The summed E-state index contributed by atoms with van der Waals surface area (Å²) in [5.74, 6) is 0.765. The van der Waals surface area contributed by atoms with Gasteiger partial charge in [0.05, 0.1) is 0 Å². The molecule has 0 unspecified atom stereocenters. The van der Waals surface area contributed by atoms with Gasteiger partial charge in [0.15, 0.2) is 11.6 Å². The molecule has 146 valence electrons. The van der Waals surface area contributed by atoms with E-state index >= 15 is 0 Å². The minimum Gasteiger partial charge on any atom is -0.335 e. The van der Waals surface area contributed by atoms with Crippen molar-refractivity contribution in [1.29, 1.82) is 0 Å². The van der Waals surface area contributed by atoms with Gasteiger partial charge in [-0.2, -0.15) is 0 Å². The van der Waals surface area contributed by atoms with E-state index in [1.807, 2.05) is 23.5 Å². The van der Waals surface area contributed by atoms with Crippen LogP contribution < -0.4 is 0 Å². The van der Waals surface area contributed by atoms with Crippen LogP contribution in [0, 0.1) is 23.7 Å². The molecule has 1 saturated carbocycles. The average molecular weight is 413 g/mol. The van der Waals surface area contributed by atoms with Crippen molar-refractivity contribution in [2.75, 3.05) is 0 Å². The Morgan fingerprint density at radius 3 is 1.57 bits per heavy atom. The van der Waals surface area contributed by atoms with Gasteiger partial charge in [0.2, 0.25) is 0 Å². The first-order valence-corrected chi connectivity index (χ1v) is 11.8. The molecular weight excluding hydrogens is 388 g/mol. The average Bonchev–Trinajstić information content (AvgIpc) is 3.34. The maximum Gasteiger partial charge on any atom is 0.174 e. The van der Waals surface area contributed by atoms with Crippen LogP contribution in [0.1, 0.15) is 20.3 Å². The number of benzene rings is 2. The lowest BCUT2D eigenvalue weighted by atomic mass is 9.83. The normalized spacial score (nSPS) is 45.5. The van der Waals surface area contributed by atoms with Crippen LogP contribution in [0.5, 0.6) is 0 Å². The van der Waals surface area contributed by atoms with Crippen molar-refractivity contribution in [3.05, 3.63) is 60.7 Å². The molecule has 2 aromatic rings. The number of rotatable bonds is 4. The minimum atomic E-state index is -0.534. The molecule has 3 saturated heterocycles. The molecule has 4 aliphatic rings. The second kappa shape index (κ2) is 6.26. The highest BCUT2D eigenvalue weighted by molar-refractivity contribution is 8.00. The highest BCUT2D eigenvalue weighted by Gasteiger charge is 2.76. The highest BCUT2D eigenvalue weighted by Crippen LogP contribution is 2.71. The largest absolute Gasteiger partial charge is 0.335 e. The van der Waals surface area contributed by atoms with Gasteiger partial charge >= 0.3 is 0 Å². The number of thioether (sulfide) groups is 2. The standard InChI is InChI=1S/C23H24O3S2/c1-22-18-16(20(24-22)27-14-9-5-3-6-10-14)13-17-19(18)23(2,26-22)25-21(17)28-15-11-7-4-8-12-15/h3-12,16-21H,13H2,1-2H3/t16-,17+,18-,19+,20+,21-,22+,23-.